The van der Waals surface area contributed by atoms with E-state index in [0.29, 0.717) is 27.3 Å². The SMILES string of the molecule is O=C(NC(C(=O)NN=Cc1coc2ccccc2c1=O)c1n[nH]c(=O)c2ccccc12)c1ccccc1. The Morgan fingerprint density at radius 1 is 0.892 bits per heavy atom. The zero-order chi connectivity index (χ0) is 25.8. The molecule has 0 radical (unpaired) electrons. The molecule has 5 aromatic rings. The third-order valence-electron chi connectivity index (χ3n) is 5.66. The van der Waals surface area contributed by atoms with Gasteiger partial charge >= 0.3 is 0 Å². The number of carbonyl (C=O) groups excluding carboxylic acids is 2. The van der Waals surface area contributed by atoms with Gasteiger partial charge in [0.25, 0.3) is 17.4 Å². The molecule has 0 saturated carbocycles. The molecule has 1 unspecified atom stereocenters. The molecule has 0 aliphatic carbocycles. The number of carbonyl (C=O) groups is 2. The molecule has 37 heavy (non-hydrogen) atoms. The summed E-state index contributed by atoms with van der Waals surface area (Å²) in [6.07, 6.45) is 2.40. The van der Waals surface area contributed by atoms with E-state index in [1.165, 1.54) is 6.26 Å². The number of benzene rings is 3. The molecule has 5 rings (SSSR count). The van der Waals surface area contributed by atoms with Crippen LogP contribution in [0.1, 0.15) is 27.7 Å². The van der Waals surface area contributed by atoms with Crippen molar-refractivity contribution in [2.45, 2.75) is 6.04 Å². The Kier molecular flexibility index (Phi) is 6.37. The molecule has 10 heteroatoms. The summed E-state index contributed by atoms with van der Waals surface area (Å²) in [4.78, 5) is 51.1. The van der Waals surface area contributed by atoms with E-state index in [1.54, 1.807) is 78.9 Å². The topological polar surface area (TPSA) is 147 Å². The number of hydrogen-bond acceptors (Lipinski definition) is 7. The van der Waals surface area contributed by atoms with Crippen LogP contribution >= 0.6 is 0 Å². The van der Waals surface area contributed by atoms with Crippen LogP contribution in [0.3, 0.4) is 0 Å². The Balaban J connectivity index is 1.47. The van der Waals surface area contributed by atoms with Gasteiger partial charge in [-0.1, -0.05) is 48.5 Å². The molecule has 0 aliphatic heterocycles. The van der Waals surface area contributed by atoms with Crippen molar-refractivity contribution in [3.8, 4) is 0 Å². The van der Waals surface area contributed by atoms with Crippen LogP contribution in [0.5, 0.6) is 0 Å². The van der Waals surface area contributed by atoms with E-state index >= 15 is 0 Å². The molecule has 0 saturated heterocycles. The van der Waals surface area contributed by atoms with Crippen LogP contribution < -0.4 is 21.7 Å². The lowest BCUT2D eigenvalue weighted by molar-refractivity contribution is -0.123. The largest absolute Gasteiger partial charge is 0.463 e. The van der Waals surface area contributed by atoms with Gasteiger partial charge in [-0.05, 0) is 30.3 Å². The number of rotatable bonds is 6. The molecule has 3 N–H and O–H groups in total. The summed E-state index contributed by atoms with van der Waals surface area (Å²) in [7, 11) is 0. The average Bonchev–Trinajstić information content (AvgIpc) is 2.94. The van der Waals surface area contributed by atoms with Crippen molar-refractivity contribution in [2.75, 3.05) is 0 Å². The molecule has 2 aromatic heterocycles. The summed E-state index contributed by atoms with van der Waals surface area (Å²) in [5.41, 5.74) is 2.58. The molecule has 0 fully saturated rings. The third kappa shape index (κ3) is 4.76. The molecule has 10 nitrogen and oxygen atoms in total. The van der Waals surface area contributed by atoms with Gasteiger partial charge in [-0.3, -0.25) is 19.2 Å². The predicted molar refractivity (Wildman–Crippen MR) is 137 cm³/mol. The Labute approximate surface area is 208 Å². The van der Waals surface area contributed by atoms with Gasteiger partial charge in [0.2, 0.25) is 5.43 Å². The number of aromatic amines is 1. The lowest BCUT2D eigenvalue weighted by atomic mass is 10.0. The summed E-state index contributed by atoms with van der Waals surface area (Å²) < 4.78 is 5.45. The van der Waals surface area contributed by atoms with Crippen molar-refractivity contribution in [3.63, 3.8) is 0 Å². The van der Waals surface area contributed by atoms with Gasteiger partial charge in [-0.25, -0.2) is 10.5 Å². The van der Waals surface area contributed by atoms with Gasteiger partial charge in [-0.15, -0.1) is 0 Å². The molecular formula is C27H19N5O5. The number of hydrazone groups is 1. The molecular weight excluding hydrogens is 474 g/mol. The van der Waals surface area contributed by atoms with E-state index < -0.39 is 23.4 Å². The first-order valence-electron chi connectivity index (χ1n) is 11.2. The summed E-state index contributed by atoms with van der Waals surface area (Å²) in [5, 5.41) is 14.0. The van der Waals surface area contributed by atoms with Crippen molar-refractivity contribution in [1.82, 2.24) is 20.9 Å². The van der Waals surface area contributed by atoms with Crippen molar-refractivity contribution in [1.29, 1.82) is 0 Å². The highest BCUT2D eigenvalue weighted by Gasteiger charge is 2.27. The van der Waals surface area contributed by atoms with Crippen LogP contribution in [0.15, 0.2) is 104 Å². The monoisotopic (exact) mass is 493 g/mol. The van der Waals surface area contributed by atoms with Crippen LogP contribution in [0.2, 0.25) is 0 Å². The van der Waals surface area contributed by atoms with Crippen LogP contribution in [0.4, 0.5) is 0 Å². The highest BCUT2D eigenvalue weighted by Crippen LogP contribution is 2.20. The highest BCUT2D eigenvalue weighted by atomic mass is 16.3. The van der Waals surface area contributed by atoms with Gasteiger partial charge in [-0.2, -0.15) is 10.2 Å². The summed E-state index contributed by atoms with van der Waals surface area (Å²) in [6, 6.07) is 20.4. The van der Waals surface area contributed by atoms with E-state index in [2.05, 4.69) is 26.0 Å². The molecule has 0 bridgehead atoms. The standard InChI is InChI=1S/C27H19N5O5/c33-24-17(15-37-21-13-7-6-12-20(21)24)14-28-31-27(36)23(29-25(34)16-8-2-1-3-9-16)22-18-10-4-5-11-19(18)26(35)32-30-22/h1-15,23H,(H,29,34)(H,31,36)(H,32,35). The number of para-hydroxylation sites is 1. The van der Waals surface area contributed by atoms with Gasteiger partial charge in [0.05, 0.1) is 22.6 Å². The fourth-order valence-electron chi connectivity index (χ4n) is 3.83. The van der Waals surface area contributed by atoms with Crippen molar-refractivity contribution in [3.05, 3.63) is 123 Å². The number of aromatic nitrogens is 2. The molecule has 2 heterocycles. The second-order valence-corrected chi connectivity index (χ2v) is 8.01. The number of amides is 2. The van der Waals surface area contributed by atoms with Gasteiger partial charge in [0.15, 0.2) is 6.04 Å². The number of hydrogen-bond donors (Lipinski definition) is 3. The van der Waals surface area contributed by atoms with Crippen LogP contribution in [0.25, 0.3) is 21.7 Å². The van der Waals surface area contributed by atoms with Gasteiger partial charge < -0.3 is 9.73 Å². The van der Waals surface area contributed by atoms with E-state index in [1.807, 2.05) is 0 Å². The van der Waals surface area contributed by atoms with E-state index in [9.17, 15) is 19.2 Å². The zero-order valence-electron chi connectivity index (χ0n) is 19.2. The normalized spacial score (nSPS) is 12.0. The van der Waals surface area contributed by atoms with Crippen molar-refractivity contribution in [2.24, 2.45) is 5.10 Å². The quantitative estimate of drug-likeness (QED) is 0.245. The van der Waals surface area contributed by atoms with Crippen molar-refractivity contribution < 1.29 is 14.0 Å². The summed E-state index contributed by atoms with van der Waals surface area (Å²) >= 11 is 0. The summed E-state index contributed by atoms with van der Waals surface area (Å²) in [5.74, 6) is -1.27. The van der Waals surface area contributed by atoms with Crippen LogP contribution in [-0.2, 0) is 4.79 Å². The molecule has 182 valence electrons. The number of fused-ring (bicyclic) bond motifs is 2. The van der Waals surface area contributed by atoms with Crippen LogP contribution in [0, 0.1) is 0 Å². The average molecular weight is 493 g/mol. The van der Waals surface area contributed by atoms with E-state index in [0.717, 1.165) is 6.21 Å². The first-order valence-corrected chi connectivity index (χ1v) is 11.2. The Morgan fingerprint density at radius 3 is 2.35 bits per heavy atom. The smallest absolute Gasteiger partial charge is 0.272 e. The predicted octanol–water partition coefficient (Wildman–Crippen LogP) is 2.65. The van der Waals surface area contributed by atoms with Gasteiger partial charge in [0.1, 0.15) is 17.5 Å². The van der Waals surface area contributed by atoms with E-state index in [-0.39, 0.29) is 16.7 Å². The van der Waals surface area contributed by atoms with E-state index in [4.69, 9.17) is 4.42 Å². The minimum absolute atomic E-state index is 0.122. The molecule has 0 spiro atoms. The molecule has 1 atom stereocenters. The number of nitrogens with zero attached hydrogens (tertiary/aromatic N) is 2. The second-order valence-electron chi connectivity index (χ2n) is 8.01. The zero-order valence-corrected chi connectivity index (χ0v) is 19.2. The van der Waals surface area contributed by atoms with Gasteiger partial charge in [0, 0.05) is 10.9 Å². The lowest BCUT2D eigenvalue weighted by Gasteiger charge is -2.18. The number of H-pyrrole nitrogens is 1. The first-order chi connectivity index (χ1) is 18.0. The highest BCUT2D eigenvalue weighted by molar-refractivity contribution is 5.99. The fourth-order valence-corrected chi connectivity index (χ4v) is 3.83. The number of nitrogens with one attached hydrogen (secondary N) is 3. The molecule has 0 aliphatic rings. The Hall–Kier alpha value is -5.38. The van der Waals surface area contributed by atoms with Crippen LogP contribution in [-0.4, -0.2) is 28.2 Å². The minimum atomic E-state index is -1.32. The first kappa shape index (κ1) is 23.4. The molecule has 2 amide bonds. The fraction of sp³-hybridized carbons (Fsp3) is 0.0370. The maximum atomic E-state index is 13.3. The summed E-state index contributed by atoms with van der Waals surface area (Å²) in [6.45, 7) is 0. The Bertz CT molecular complexity index is 1780. The Morgan fingerprint density at radius 2 is 1.57 bits per heavy atom. The maximum absolute atomic E-state index is 13.3. The lowest BCUT2D eigenvalue weighted by Crippen LogP contribution is -2.40. The third-order valence-corrected chi connectivity index (χ3v) is 5.66. The molecule has 3 aromatic carbocycles. The minimum Gasteiger partial charge on any atom is -0.463 e. The maximum Gasteiger partial charge on any atom is 0.272 e. The second kappa shape index (κ2) is 10.1. The van der Waals surface area contributed by atoms with Crippen molar-refractivity contribution >= 4 is 39.8 Å².